The number of fused-ring (bicyclic) bond motifs is 1. The summed E-state index contributed by atoms with van der Waals surface area (Å²) >= 11 is 4.70. The number of carboxylic acids is 1. The van der Waals surface area contributed by atoms with Gasteiger partial charge >= 0.3 is 11.9 Å². The van der Waals surface area contributed by atoms with Crippen LogP contribution in [0, 0.1) is 0 Å². The molecule has 0 unspecified atom stereocenters. The lowest BCUT2D eigenvalue weighted by molar-refractivity contribution is -0.139. The first-order valence-corrected chi connectivity index (χ1v) is 14.9. The number of carboxylic acid groups (broad SMARTS) is 1. The summed E-state index contributed by atoms with van der Waals surface area (Å²) in [5.41, 5.74) is 1.62. The van der Waals surface area contributed by atoms with E-state index in [1.807, 2.05) is 19.1 Å². The lowest BCUT2D eigenvalue weighted by Gasteiger charge is -2.27. The van der Waals surface area contributed by atoms with Crippen LogP contribution in [0.4, 0.5) is 0 Å². The van der Waals surface area contributed by atoms with E-state index < -0.39 is 18.0 Å². The number of carbonyl (C=O) groups excluding carboxylic acids is 1. The summed E-state index contributed by atoms with van der Waals surface area (Å²) in [5, 5.41) is 9.57. The molecule has 42 heavy (non-hydrogen) atoms. The maximum Gasteiger partial charge on any atom is 0.338 e. The number of hydrogen-bond acceptors (Lipinski definition) is 8. The zero-order valence-electron chi connectivity index (χ0n) is 23.0. The number of benzene rings is 2. The Hall–Kier alpha value is -4.22. The van der Waals surface area contributed by atoms with E-state index >= 15 is 0 Å². The Bertz CT molecular complexity index is 1900. The van der Waals surface area contributed by atoms with Crippen LogP contribution in [-0.4, -0.2) is 35.3 Å². The van der Waals surface area contributed by atoms with Crippen molar-refractivity contribution in [1.82, 2.24) is 4.57 Å². The maximum atomic E-state index is 14.0. The minimum Gasteiger partial charge on any atom is -0.496 e. The third-order valence-electron chi connectivity index (χ3n) is 6.70. The second kappa shape index (κ2) is 12.3. The number of halogens is 1. The van der Waals surface area contributed by atoms with Gasteiger partial charge in [0.15, 0.2) is 4.80 Å². The summed E-state index contributed by atoms with van der Waals surface area (Å²) in [6, 6.07) is 14.5. The molecule has 1 N–H and O–H groups in total. The molecule has 0 radical (unpaired) electrons. The first-order valence-electron chi connectivity index (χ1n) is 13.2. The molecule has 216 valence electrons. The number of methoxy groups -OCH3 is 1. The first-order chi connectivity index (χ1) is 20.3. The predicted octanol–water partition coefficient (Wildman–Crippen LogP) is 5.31. The van der Waals surface area contributed by atoms with E-state index in [0.717, 1.165) is 10.9 Å². The Labute approximate surface area is 253 Å². The second-order valence-corrected chi connectivity index (χ2v) is 11.3. The molecule has 5 rings (SSSR count). The van der Waals surface area contributed by atoms with E-state index in [4.69, 9.17) is 18.9 Å². The minimum absolute atomic E-state index is 0.107. The molecular weight excluding hydrogens is 624 g/mol. The van der Waals surface area contributed by atoms with Crippen LogP contribution >= 0.6 is 27.3 Å². The van der Waals surface area contributed by atoms with Crippen LogP contribution in [0.5, 0.6) is 5.75 Å². The Morgan fingerprint density at radius 1 is 1.17 bits per heavy atom. The van der Waals surface area contributed by atoms with E-state index in [1.165, 1.54) is 29.1 Å². The molecule has 0 saturated heterocycles. The summed E-state index contributed by atoms with van der Waals surface area (Å²) in [4.78, 5) is 44.3. The quantitative estimate of drug-likeness (QED) is 0.244. The van der Waals surface area contributed by atoms with Crippen LogP contribution in [0.2, 0.25) is 0 Å². The number of aromatic nitrogens is 1. The van der Waals surface area contributed by atoms with Crippen molar-refractivity contribution in [1.29, 1.82) is 0 Å². The average molecular weight is 652 g/mol. The number of nitrogens with zero attached hydrogens (tertiary/aromatic N) is 2. The maximum absolute atomic E-state index is 14.0. The number of carbonyl (C=O) groups is 2. The van der Waals surface area contributed by atoms with Crippen molar-refractivity contribution in [3.8, 4) is 17.1 Å². The summed E-state index contributed by atoms with van der Waals surface area (Å²) in [7, 11) is 1.54. The second-order valence-electron chi connectivity index (χ2n) is 9.35. The van der Waals surface area contributed by atoms with Crippen LogP contribution in [-0.2, 0) is 9.53 Å². The van der Waals surface area contributed by atoms with Gasteiger partial charge in [0, 0.05) is 21.7 Å². The van der Waals surface area contributed by atoms with Crippen LogP contribution in [0.15, 0.2) is 84.5 Å². The Kier molecular flexibility index (Phi) is 8.60. The molecule has 0 saturated carbocycles. The van der Waals surface area contributed by atoms with Crippen LogP contribution in [0.1, 0.15) is 54.4 Å². The van der Waals surface area contributed by atoms with Gasteiger partial charge in [0.2, 0.25) is 0 Å². The fourth-order valence-corrected chi connectivity index (χ4v) is 6.30. The van der Waals surface area contributed by atoms with E-state index in [0.29, 0.717) is 55.4 Å². The Morgan fingerprint density at radius 2 is 1.95 bits per heavy atom. The minimum atomic E-state index is -1.07. The largest absolute Gasteiger partial charge is 0.496 e. The van der Waals surface area contributed by atoms with E-state index in [-0.39, 0.29) is 17.7 Å². The highest BCUT2D eigenvalue weighted by molar-refractivity contribution is 9.10. The summed E-state index contributed by atoms with van der Waals surface area (Å²) < 4.78 is 19.7. The van der Waals surface area contributed by atoms with Crippen molar-refractivity contribution >= 4 is 45.3 Å². The molecule has 0 amide bonds. The highest BCUT2D eigenvalue weighted by Crippen LogP contribution is 2.38. The SMILES string of the molecule is CCCC1=C(C(=O)OCC)[C@H](c2cc(Br)ccc2OC)n2c(s/c(=C/c3ccc(-c4ccccc4C(=O)O)o3)c2=O)=N1. The lowest BCUT2D eigenvalue weighted by atomic mass is 9.93. The highest BCUT2D eigenvalue weighted by Gasteiger charge is 2.36. The fraction of sp³-hybridized carbons (Fsp3) is 0.226. The lowest BCUT2D eigenvalue weighted by Crippen LogP contribution is -2.40. The van der Waals surface area contributed by atoms with Crippen LogP contribution < -0.4 is 19.6 Å². The number of esters is 1. The van der Waals surface area contributed by atoms with Gasteiger partial charge in [-0.3, -0.25) is 9.36 Å². The fourth-order valence-electron chi connectivity index (χ4n) is 4.92. The predicted molar refractivity (Wildman–Crippen MR) is 161 cm³/mol. The molecule has 11 heteroatoms. The van der Waals surface area contributed by atoms with Gasteiger partial charge in [-0.05, 0) is 49.7 Å². The summed E-state index contributed by atoms with van der Waals surface area (Å²) in [6.45, 7) is 3.89. The third kappa shape index (κ3) is 5.49. The van der Waals surface area contributed by atoms with Gasteiger partial charge < -0.3 is 19.0 Å². The molecule has 0 fully saturated rings. The summed E-state index contributed by atoms with van der Waals surface area (Å²) in [5.74, 6) is -0.381. The van der Waals surface area contributed by atoms with Crippen molar-refractivity contribution in [2.45, 2.75) is 32.7 Å². The molecule has 9 nitrogen and oxygen atoms in total. The number of allylic oxidation sites excluding steroid dienone is 1. The number of thiazole rings is 1. The Morgan fingerprint density at radius 3 is 2.67 bits per heavy atom. The van der Waals surface area contributed by atoms with Gasteiger partial charge in [-0.1, -0.05) is 58.8 Å². The first kappa shape index (κ1) is 29.3. The van der Waals surface area contributed by atoms with E-state index in [2.05, 4.69) is 15.9 Å². The van der Waals surface area contributed by atoms with Crippen molar-refractivity contribution in [3.63, 3.8) is 0 Å². The molecule has 0 bridgehead atoms. The molecule has 2 aromatic heterocycles. The van der Waals surface area contributed by atoms with Crippen LogP contribution in [0.25, 0.3) is 17.4 Å². The standard InChI is InChI=1S/C31H27BrN2O7S/c1-4-8-22-26(30(38)40-5-2)27(21-15-17(32)11-13-23(21)39-3)34-28(35)25(42-31(34)33-22)16-18-12-14-24(41-18)19-9-6-7-10-20(19)29(36)37/h6-7,9-16,27H,4-5,8H2,1-3H3,(H,36,37)/b25-16+/t27-/m0/s1. The molecular formula is C31H27BrN2O7S. The molecule has 3 heterocycles. The number of ether oxygens (including phenoxy) is 2. The molecule has 1 atom stereocenters. The number of aromatic carboxylic acids is 1. The van der Waals surface area contributed by atoms with Gasteiger partial charge in [-0.25, -0.2) is 14.6 Å². The molecule has 4 aromatic rings. The Balaban J connectivity index is 1.71. The summed E-state index contributed by atoms with van der Waals surface area (Å²) in [6.07, 6.45) is 2.84. The van der Waals surface area contributed by atoms with Gasteiger partial charge in [-0.2, -0.15) is 0 Å². The van der Waals surface area contributed by atoms with Gasteiger partial charge in [0.25, 0.3) is 5.56 Å². The van der Waals surface area contributed by atoms with Gasteiger partial charge in [0.05, 0.1) is 35.1 Å². The molecule has 0 aliphatic carbocycles. The normalized spacial score (nSPS) is 14.9. The molecule has 2 aromatic carbocycles. The van der Waals surface area contributed by atoms with E-state index in [1.54, 1.807) is 49.4 Å². The van der Waals surface area contributed by atoms with Crippen molar-refractivity contribution < 1.29 is 28.6 Å². The smallest absolute Gasteiger partial charge is 0.338 e. The highest BCUT2D eigenvalue weighted by atomic mass is 79.9. The topological polar surface area (TPSA) is 120 Å². The number of hydrogen-bond donors (Lipinski definition) is 1. The third-order valence-corrected chi connectivity index (χ3v) is 8.18. The van der Waals surface area contributed by atoms with Crippen molar-refractivity contribution in [2.24, 2.45) is 4.99 Å². The molecule has 1 aliphatic heterocycles. The monoisotopic (exact) mass is 650 g/mol. The van der Waals surface area contributed by atoms with Gasteiger partial charge in [-0.15, -0.1) is 0 Å². The zero-order chi connectivity index (χ0) is 30.0. The molecule has 1 aliphatic rings. The number of furan rings is 1. The van der Waals surface area contributed by atoms with Crippen molar-refractivity contribution in [3.05, 3.63) is 107 Å². The van der Waals surface area contributed by atoms with E-state index in [9.17, 15) is 19.5 Å². The van der Waals surface area contributed by atoms with Gasteiger partial charge in [0.1, 0.15) is 23.3 Å². The zero-order valence-corrected chi connectivity index (χ0v) is 25.5. The molecule has 0 spiro atoms. The van der Waals surface area contributed by atoms with Crippen molar-refractivity contribution in [2.75, 3.05) is 13.7 Å². The number of rotatable bonds is 9. The van der Waals surface area contributed by atoms with Crippen LogP contribution in [0.3, 0.4) is 0 Å². The average Bonchev–Trinajstić information content (AvgIpc) is 3.56.